The number of ether oxygens (including phenoxy) is 1. The Balaban J connectivity index is 2.23. The Morgan fingerprint density at radius 1 is 1.09 bits per heavy atom. The molecule has 4 heteroatoms. The zero-order valence-electron chi connectivity index (χ0n) is 13.8. The van der Waals surface area contributed by atoms with Crippen LogP contribution < -0.4 is 5.73 Å². The van der Waals surface area contributed by atoms with Crippen LogP contribution in [0.25, 0.3) is 0 Å². The molecule has 0 bridgehead atoms. The van der Waals surface area contributed by atoms with Crippen molar-refractivity contribution in [1.29, 1.82) is 0 Å². The molecule has 3 nitrogen and oxygen atoms in total. The van der Waals surface area contributed by atoms with Gasteiger partial charge in [0.2, 0.25) is 0 Å². The van der Waals surface area contributed by atoms with Crippen LogP contribution in [0.5, 0.6) is 0 Å². The van der Waals surface area contributed by atoms with Crippen LogP contribution in [-0.4, -0.2) is 36.2 Å². The van der Waals surface area contributed by atoms with E-state index in [9.17, 15) is 5.11 Å². The Hall–Kier alpha value is -0.550. The van der Waals surface area contributed by atoms with E-state index in [4.69, 9.17) is 10.5 Å². The summed E-state index contributed by atoms with van der Waals surface area (Å²) in [6, 6.07) is 8.48. The number of benzene rings is 1. The van der Waals surface area contributed by atoms with Crippen LogP contribution in [0.1, 0.15) is 43.2 Å². The molecule has 3 N–H and O–H groups in total. The SMILES string of the molecule is Cc1ccc(CCC(N)(CO)CCOCCCCCS)cc1. The highest BCUT2D eigenvalue weighted by Gasteiger charge is 2.23. The van der Waals surface area contributed by atoms with Crippen LogP contribution in [-0.2, 0) is 11.2 Å². The van der Waals surface area contributed by atoms with Crippen molar-refractivity contribution in [2.24, 2.45) is 5.73 Å². The molecule has 1 aromatic rings. The summed E-state index contributed by atoms with van der Waals surface area (Å²) in [4.78, 5) is 0. The molecule has 0 spiro atoms. The van der Waals surface area contributed by atoms with Gasteiger partial charge >= 0.3 is 0 Å². The first-order chi connectivity index (χ1) is 10.6. The molecular weight excluding hydrogens is 294 g/mol. The van der Waals surface area contributed by atoms with Gasteiger partial charge in [0.05, 0.1) is 6.61 Å². The number of unbranched alkanes of at least 4 members (excludes halogenated alkanes) is 2. The van der Waals surface area contributed by atoms with Gasteiger partial charge in [-0.25, -0.2) is 0 Å². The Labute approximate surface area is 140 Å². The monoisotopic (exact) mass is 325 g/mol. The second-order valence-electron chi connectivity index (χ2n) is 6.15. The summed E-state index contributed by atoms with van der Waals surface area (Å²) in [7, 11) is 0. The Morgan fingerprint density at radius 2 is 1.82 bits per heavy atom. The number of aliphatic hydroxyl groups is 1. The van der Waals surface area contributed by atoms with Gasteiger partial charge < -0.3 is 15.6 Å². The average Bonchev–Trinajstić information content (AvgIpc) is 2.53. The number of aliphatic hydroxyl groups excluding tert-OH is 1. The molecule has 0 amide bonds. The predicted octanol–water partition coefficient (Wildman–Crippen LogP) is 3.12. The molecule has 1 aromatic carbocycles. The lowest BCUT2D eigenvalue weighted by Crippen LogP contribution is -2.45. The van der Waals surface area contributed by atoms with Crippen LogP contribution in [0.15, 0.2) is 24.3 Å². The van der Waals surface area contributed by atoms with Crippen molar-refractivity contribution in [3.63, 3.8) is 0 Å². The van der Waals surface area contributed by atoms with E-state index in [1.165, 1.54) is 11.1 Å². The summed E-state index contributed by atoms with van der Waals surface area (Å²) < 4.78 is 5.63. The number of aryl methyl sites for hydroxylation is 2. The number of hydrogen-bond acceptors (Lipinski definition) is 4. The summed E-state index contributed by atoms with van der Waals surface area (Å²) in [5.74, 6) is 0.940. The first-order valence-electron chi connectivity index (χ1n) is 8.23. The first-order valence-corrected chi connectivity index (χ1v) is 8.87. The van der Waals surface area contributed by atoms with Gasteiger partial charge in [-0.1, -0.05) is 36.2 Å². The lowest BCUT2D eigenvalue weighted by Gasteiger charge is -2.27. The molecule has 1 rings (SSSR count). The predicted molar refractivity (Wildman–Crippen MR) is 96.6 cm³/mol. The second-order valence-corrected chi connectivity index (χ2v) is 6.60. The van der Waals surface area contributed by atoms with Gasteiger partial charge in [0.25, 0.3) is 0 Å². The molecule has 0 aromatic heterocycles. The van der Waals surface area contributed by atoms with Crippen LogP contribution in [0, 0.1) is 6.92 Å². The molecule has 0 aliphatic heterocycles. The minimum Gasteiger partial charge on any atom is -0.394 e. The van der Waals surface area contributed by atoms with Crippen molar-refractivity contribution in [3.05, 3.63) is 35.4 Å². The molecule has 0 radical (unpaired) electrons. The van der Waals surface area contributed by atoms with E-state index in [0.717, 1.165) is 44.5 Å². The lowest BCUT2D eigenvalue weighted by atomic mass is 9.90. The van der Waals surface area contributed by atoms with Crippen LogP contribution in [0.3, 0.4) is 0 Å². The molecule has 22 heavy (non-hydrogen) atoms. The molecule has 0 fully saturated rings. The molecule has 1 atom stereocenters. The maximum absolute atomic E-state index is 9.59. The highest BCUT2D eigenvalue weighted by Crippen LogP contribution is 2.16. The van der Waals surface area contributed by atoms with E-state index >= 15 is 0 Å². The highest BCUT2D eigenvalue weighted by molar-refractivity contribution is 7.80. The van der Waals surface area contributed by atoms with Crippen molar-refractivity contribution in [1.82, 2.24) is 0 Å². The van der Waals surface area contributed by atoms with E-state index in [1.54, 1.807) is 0 Å². The molecule has 0 aliphatic carbocycles. The third-order valence-corrected chi connectivity index (χ3v) is 4.35. The molecule has 126 valence electrons. The van der Waals surface area contributed by atoms with E-state index in [0.29, 0.717) is 13.0 Å². The van der Waals surface area contributed by atoms with Gasteiger partial charge in [0, 0.05) is 18.8 Å². The minimum atomic E-state index is -0.546. The van der Waals surface area contributed by atoms with Gasteiger partial charge in [0.15, 0.2) is 0 Å². The average molecular weight is 326 g/mol. The zero-order valence-corrected chi connectivity index (χ0v) is 14.7. The van der Waals surface area contributed by atoms with Crippen LogP contribution in [0.2, 0.25) is 0 Å². The Bertz CT molecular complexity index is 397. The van der Waals surface area contributed by atoms with E-state index < -0.39 is 5.54 Å². The van der Waals surface area contributed by atoms with Gasteiger partial charge in [0.1, 0.15) is 0 Å². The summed E-state index contributed by atoms with van der Waals surface area (Å²) in [5.41, 5.74) is 8.28. The van der Waals surface area contributed by atoms with Crippen molar-refractivity contribution >= 4 is 12.6 Å². The summed E-state index contributed by atoms with van der Waals surface area (Å²) >= 11 is 4.19. The van der Waals surface area contributed by atoms with Crippen molar-refractivity contribution < 1.29 is 9.84 Å². The fourth-order valence-electron chi connectivity index (χ4n) is 2.30. The molecule has 0 aliphatic rings. The van der Waals surface area contributed by atoms with Gasteiger partial charge in [-0.2, -0.15) is 12.6 Å². The highest BCUT2D eigenvalue weighted by atomic mass is 32.1. The standard InChI is InChI=1S/C18H31NO2S/c1-16-5-7-17(8-6-16)9-10-18(19,15-20)11-13-21-12-3-2-4-14-22/h5-8,20,22H,2-4,9-15,19H2,1H3. The van der Waals surface area contributed by atoms with Gasteiger partial charge in [-0.3, -0.25) is 0 Å². The summed E-state index contributed by atoms with van der Waals surface area (Å²) in [6.07, 6.45) is 5.72. The van der Waals surface area contributed by atoms with Crippen molar-refractivity contribution in [2.45, 2.75) is 51.0 Å². The van der Waals surface area contributed by atoms with E-state index in [-0.39, 0.29) is 6.61 Å². The first kappa shape index (κ1) is 19.5. The van der Waals surface area contributed by atoms with Crippen molar-refractivity contribution in [3.8, 4) is 0 Å². The fourth-order valence-corrected chi connectivity index (χ4v) is 2.52. The summed E-state index contributed by atoms with van der Waals surface area (Å²) in [6.45, 7) is 3.47. The maximum Gasteiger partial charge on any atom is 0.0612 e. The molecule has 1 unspecified atom stereocenters. The quantitative estimate of drug-likeness (QED) is 0.409. The molecule has 0 saturated heterocycles. The van der Waals surface area contributed by atoms with Crippen LogP contribution in [0.4, 0.5) is 0 Å². The van der Waals surface area contributed by atoms with E-state index in [2.05, 4.69) is 43.8 Å². The third kappa shape index (κ3) is 8.18. The number of hydrogen-bond donors (Lipinski definition) is 3. The van der Waals surface area contributed by atoms with Crippen molar-refractivity contribution in [2.75, 3.05) is 25.6 Å². The number of thiol groups is 1. The number of rotatable bonds is 12. The third-order valence-electron chi connectivity index (χ3n) is 4.04. The lowest BCUT2D eigenvalue weighted by molar-refractivity contribution is 0.0897. The molecular formula is C18H31NO2S. The van der Waals surface area contributed by atoms with Gasteiger partial charge in [-0.15, -0.1) is 0 Å². The maximum atomic E-state index is 9.59. The minimum absolute atomic E-state index is 0.00186. The smallest absolute Gasteiger partial charge is 0.0612 e. The normalized spacial score (nSPS) is 14.0. The van der Waals surface area contributed by atoms with E-state index in [1.807, 2.05) is 0 Å². The Morgan fingerprint density at radius 3 is 2.45 bits per heavy atom. The van der Waals surface area contributed by atoms with Crippen LogP contribution >= 0.6 is 12.6 Å². The zero-order chi connectivity index (χ0) is 16.3. The Kier molecular flexibility index (Phi) is 9.80. The fraction of sp³-hybridized carbons (Fsp3) is 0.667. The number of nitrogens with two attached hydrogens (primary N) is 1. The molecule has 0 heterocycles. The van der Waals surface area contributed by atoms with Gasteiger partial charge in [-0.05, 0) is 50.3 Å². The molecule has 0 saturated carbocycles. The summed E-state index contributed by atoms with van der Waals surface area (Å²) in [5, 5.41) is 9.59. The largest absolute Gasteiger partial charge is 0.394 e. The topological polar surface area (TPSA) is 55.5 Å². The second kappa shape index (κ2) is 11.1.